The summed E-state index contributed by atoms with van der Waals surface area (Å²) in [6, 6.07) is 12.7. The van der Waals surface area contributed by atoms with E-state index in [9.17, 15) is 14.8 Å². The second-order valence-corrected chi connectivity index (χ2v) is 9.53. The Morgan fingerprint density at radius 3 is 2.64 bits per heavy atom. The van der Waals surface area contributed by atoms with Crippen LogP contribution in [0.3, 0.4) is 0 Å². The Bertz CT molecular complexity index is 1720. The first kappa shape index (κ1) is 26.6. The summed E-state index contributed by atoms with van der Waals surface area (Å²) in [5.74, 6) is -0.562. The molecule has 0 unspecified atom stereocenters. The van der Waals surface area contributed by atoms with Crippen molar-refractivity contribution in [3.8, 4) is 6.07 Å². The monoisotopic (exact) mass is 582 g/mol. The lowest BCUT2D eigenvalue weighted by Gasteiger charge is -2.20. The summed E-state index contributed by atoms with van der Waals surface area (Å²) in [4.78, 5) is 8.56. The van der Waals surface area contributed by atoms with Crippen LogP contribution in [-0.4, -0.2) is 36.7 Å². The molecule has 0 amide bonds. The van der Waals surface area contributed by atoms with E-state index in [0.29, 0.717) is 44.2 Å². The fourth-order valence-corrected chi connectivity index (χ4v) is 4.71. The van der Waals surface area contributed by atoms with Crippen molar-refractivity contribution in [3.63, 3.8) is 0 Å². The quantitative estimate of drug-likeness (QED) is 0.186. The Morgan fingerprint density at radius 2 is 1.90 bits per heavy atom. The van der Waals surface area contributed by atoms with E-state index in [1.165, 1.54) is 29.1 Å². The highest BCUT2D eigenvalue weighted by Crippen LogP contribution is 2.37. The van der Waals surface area contributed by atoms with Crippen LogP contribution in [0.25, 0.3) is 10.9 Å². The number of rotatable bonds is 8. The highest BCUT2D eigenvalue weighted by Gasteiger charge is 2.22. The maximum absolute atomic E-state index is 13.7. The summed E-state index contributed by atoms with van der Waals surface area (Å²) >= 11 is 19.1. The van der Waals surface area contributed by atoms with Crippen molar-refractivity contribution in [2.45, 2.75) is 12.6 Å². The zero-order chi connectivity index (χ0) is 27.5. The van der Waals surface area contributed by atoms with Gasteiger partial charge < -0.3 is 15.7 Å². The highest BCUT2D eigenvalue weighted by molar-refractivity contribution is 6.36. The van der Waals surface area contributed by atoms with Gasteiger partial charge in [-0.25, -0.2) is 14.1 Å². The fourth-order valence-electron chi connectivity index (χ4n) is 4.03. The number of halogens is 4. The standard InChI is InChI=1S/C26H18Cl3FN8O/c27-19-9-15(3-4-21(19)30)34-23-14(11-31)12-33-24-18(23)8-16(10-20(24)28)35-25(17-2-1-5-32-26(17)29)22-13-38(6-7-39)37-36-22/h1-5,8-10,12-13,25,35,39H,6-7H2,(H,33,34)/t25-/m0/s1. The van der Waals surface area contributed by atoms with Crippen LogP contribution in [0.2, 0.25) is 15.2 Å². The predicted molar refractivity (Wildman–Crippen MR) is 148 cm³/mol. The molecular weight excluding hydrogens is 566 g/mol. The maximum atomic E-state index is 13.7. The smallest absolute Gasteiger partial charge is 0.141 e. The molecule has 0 saturated carbocycles. The molecular formula is C26H18Cl3FN8O. The number of anilines is 3. The van der Waals surface area contributed by atoms with E-state index in [4.69, 9.17) is 34.8 Å². The number of nitriles is 1. The van der Waals surface area contributed by atoms with Crippen molar-refractivity contribution in [2.24, 2.45) is 0 Å². The predicted octanol–water partition coefficient (Wildman–Crippen LogP) is 6.13. The second-order valence-electron chi connectivity index (χ2n) is 8.36. The summed E-state index contributed by atoms with van der Waals surface area (Å²) in [6.45, 7) is 0.172. The van der Waals surface area contributed by atoms with Crippen LogP contribution < -0.4 is 10.6 Å². The van der Waals surface area contributed by atoms with E-state index in [-0.39, 0.29) is 28.9 Å². The molecule has 3 N–H and O–H groups in total. The number of nitrogens with zero attached hydrogens (tertiary/aromatic N) is 6. The van der Waals surface area contributed by atoms with Gasteiger partial charge in [-0.2, -0.15) is 5.26 Å². The fraction of sp³-hybridized carbons (Fsp3) is 0.115. The van der Waals surface area contributed by atoms with Gasteiger partial charge in [0.2, 0.25) is 0 Å². The van der Waals surface area contributed by atoms with E-state index < -0.39 is 11.9 Å². The second kappa shape index (κ2) is 11.4. The summed E-state index contributed by atoms with van der Waals surface area (Å²) < 4.78 is 15.2. The Morgan fingerprint density at radius 1 is 1.08 bits per heavy atom. The molecule has 196 valence electrons. The first-order chi connectivity index (χ1) is 18.9. The van der Waals surface area contributed by atoms with Crippen LogP contribution >= 0.6 is 34.8 Å². The van der Waals surface area contributed by atoms with Crippen LogP contribution in [0.1, 0.15) is 22.9 Å². The Kier molecular flexibility index (Phi) is 7.77. The molecule has 5 aromatic rings. The van der Waals surface area contributed by atoms with Gasteiger partial charge in [-0.15, -0.1) is 5.10 Å². The number of aliphatic hydroxyl groups excluding tert-OH is 1. The van der Waals surface area contributed by atoms with E-state index in [1.807, 2.05) is 0 Å². The molecule has 3 aromatic heterocycles. The lowest BCUT2D eigenvalue weighted by atomic mass is 10.0. The number of nitrogens with one attached hydrogen (secondary N) is 2. The Hall–Kier alpha value is -4.01. The number of benzene rings is 2. The topological polar surface area (TPSA) is 125 Å². The molecule has 0 radical (unpaired) electrons. The largest absolute Gasteiger partial charge is 0.394 e. The maximum Gasteiger partial charge on any atom is 0.141 e. The minimum absolute atomic E-state index is 0.0670. The number of hydrogen-bond acceptors (Lipinski definition) is 8. The van der Waals surface area contributed by atoms with Gasteiger partial charge in [-0.1, -0.05) is 46.1 Å². The van der Waals surface area contributed by atoms with Crippen molar-refractivity contribution >= 4 is 62.8 Å². The van der Waals surface area contributed by atoms with Gasteiger partial charge in [-0.05, 0) is 36.4 Å². The van der Waals surface area contributed by atoms with Crippen LogP contribution in [0.5, 0.6) is 0 Å². The van der Waals surface area contributed by atoms with E-state index in [2.05, 4.69) is 37.0 Å². The lowest BCUT2D eigenvalue weighted by Crippen LogP contribution is -2.14. The van der Waals surface area contributed by atoms with Gasteiger partial charge in [0.1, 0.15) is 28.8 Å². The molecule has 0 aliphatic carbocycles. The zero-order valence-electron chi connectivity index (χ0n) is 19.9. The summed E-state index contributed by atoms with van der Waals surface area (Å²) in [7, 11) is 0. The average Bonchev–Trinajstić information content (AvgIpc) is 3.39. The molecule has 13 heteroatoms. The number of aromatic nitrogens is 5. The summed E-state index contributed by atoms with van der Waals surface area (Å²) in [6.07, 6.45) is 4.68. The molecule has 0 aliphatic heterocycles. The number of hydrogen-bond donors (Lipinski definition) is 3. The first-order valence-electron chi connectivity index (χ1n) is 11.5. The SMILES string of the molecule is N#Cc1cnc2c(Cl)cc(N[C@H](c3cn(CCO)nn3)c3cccnc3Cl)cc2c1Nc1ccc(F)c(Cl)c1. The molecule has 0 aliphatic rings. The van der Waals surface area contributed by atoms with Gasteiger partial charge in [-0.3, -0.25) is 4.98 Å². The van der Waals surface area contributed by atoms with Crippen molar-refractivity contribution in [1.29, 1.82) is 5.26 Å². The minimum atomic E-state index is -0.591. The normalized spacial score (nSPS) is 11.8. The molecule has 9 nitrogen and oxygen atoms in total. The third kappa shape index (κ3) is 5.57. The van der Waals surface area contributed by atoms with Crippen molar-refractivity contribution in [3.05, 3.63) is 98.9 Å². The summed E-state index contributed by atoms with van der Waals surface area (Å²) in [5, 5.41) is 35.0. The zero-order valence-corrected chi connectivity index (χ0v) is 22.2. The average molecular weight is 584 g/mol. The van der Waals surface area contributed by atoms with Gasteiger partial charge in [0.25, 0.3) is 0 Å². The molecule has 0 fully saturated rings. The third-order valence-corrected chi connectivity index (χ3v) is 6.72. The van der Waals surface area contributed by atoms with Gasteiger partial charge in [0, 0.05) is 34.7 Å². The number of pyridine rings is 2. The molecule has 0 saturated heterocycles. The minimum Gasteiger partial charge on any atom is -0.394 e. The molecule has 0 spiro atoms. The first-order valence-corrected chi connectivity index (χ1v) is 12.6. The van der Waals surface area contributed by atoms with Crippen LogP contribution in [0.4, 0.5) is 21.5 Å². The molecule has 39 heavy (non-hydrogen) atoms. The van der Waals surface area contributed by atoms with Crippen molar-refractivity contribution < 1.29 is 9.50 Å². The van der Waals surface area contributed by atoms with Gasteiger partial charge in [0.15, 0.2) is 0 Å². The van der Waals surface area contributed by atoms with Crippen LogP contribution in [0.15, 0.2) is 61.1 Å². The Labute approximate surface area is 236 Å². The van der Waals surface area contributed by atoms with Crippen molar-refractivity contribution in [2.75, 3.05) is 17.2 Å². The molecule has 0 bridgehead atoms. The molecule has 3 heterocycles. The molecule has 2 aromatic carbocycles. The third-order valence-electron chi connectivity index (χ3n) is 5.83. The van der Waals surface area contributed by atoms with Crippen LogP contribution in [-0.2, 0) is 6.54 Å². The van der Waals surface area contributed by atoms with Gasteiger partial charge >= 0.3 is 0 Å². The molecule has 1 atom stereocenters. The highest BCUT2D eigenvalue weighted by atomic mass is 35.5. The van der Waals surface area contributed by atoms with E-state index in [1.54, 1.807) is 36.7 Å². The van der Waals surface area contributed by atoms with Crippen molar-refractivity contribution in [1.82, 2.24) is 25.0 Å². The van der Waals surface area contributed by atoms with E-state index in [0.717, 1.165) is 0 Å². The van der Waals surface area contributed by atoms with Gasteiger partial charge in [0.05, 0.1) is 46.2 Å². The number of aliphatic hydroxyl groups is 1. The summed E-state index contributed by atoms with van der Waals surface area (Å²) in [5.41, 5.74) is 3.30. The van der Waals surface area contributed by atoms with Crippen LogP contribution in [0, 0.1) is 17.1 Å². The molecule has 5 rings (SSSR count). The number of fused-ring (bicyclic) bond motifs is 1. The van der Waals surface area contributed by atoms with E-state index >= 15 is 0 Å². The Balaban J connectivity index is 1.62. The lowest BCUT2D eigenvalue weighted by molar-refractivity contribution is 0.268.